The number of nitrogens with zero attached hydrogens (tertiary/aromatic N) is 1. The van der Waals surface area contributed by atoms with Crippen molar-refractivity contribution in [3.05, 3.63) is 58.6 Å². The van der Waals surface area contributed by atoms with E-state index < -0.39 is 0 Å². The zero-order valence-electron chi connectivity index (χ0n) is 11.7. The minimum Gasteiger partial charge on any atom is -0.508 e. The Bertz CT molecular complexity index is 564. The van der Waals surface area contributed by atoms with E-state index in [4.69, 9.17) is 11.6 Å². The van der Waals surface area contributed by atoms with Gasteiger partial charge in [-0.2, -0.15) is 0 Å². The Balaban J connectivity index is 2.07. The van der Waals surface area contributed by atoms with E-state index in [2.05, 4.69) is 22.3 Å². The zero-order chi connectivity index (χ0) is 14.5. The lowest BCUT2D eigenvalue weighted by molar-refractivity contribution is 0.402. The minimum absolute atomic E-state index is 0.217. The Labute approximate surface area is 124 Å². The fourth-order valence-electron chi connectivity index (χ4n) is 2.06. The largest absolute Gasteiger partial charge is 0.508 e. The second kappa shape index (κ2) is 6.64. The molecular formula is C16H19ClN2O. The van der Waals surface area contributed by atoms with E-state index in [0.29, 0.717) is 17.1 Å². The predicted octanol–water partition coefficient (Wildman–Crippen LogP) is 3.72. The number of benzene rings is 2. The quantitative estimate of drug-likeness (QED) is 0.881. The van der Waals surface area contributed by atoms with E-state index in [1.807, 2.05) is 26.2 Å². The average Bonchev–Trinajstić information content (AvgIpc) is 2.38. The van der Waals surface area contributed by atoms with Crippen LogP contribution in [0.15, 0.2) is 42.5 Å². The lowest BCUT2D eigenvalue weighted by atomic mass is 10.1. The molecule has 0 spiro atoms. The van der Waals surface area contributed by atoms with Crippen LogP contribution >= 0.6 is 11.6 Å². The summed E-state index contributed by atoms with van der Waals surface area (Å²) in [5.41, 5.74) is 2.97. The van der Waals surface area contributed by atoms with Crippen molar-refractivity contribution in [1.82, 2.24) is 4.90 Å². The van der Waals surface area contributed by atoms with Crippen molar-refractivity contribution in [2.45, 2.75) is 13.1 Å². The molecule has 0 fully saturated rings. The number of phenolic OH excluding ortho intramolecular Hbond substituents is 1. The molecule has 0 heterocycles. The van der Waals surface area contributed by atoms with Crippen LogP contribution in [0.3, 0.4) is 0 Å². The van der Waals surface area contributed by atoms with Gasteiger partial charge in [-0.25, -0.2) is 0 Å². The third kappa shape index (κ3) is 3.89. The number of anilines is 1. The summed E-state index contributed by atoms with van der Waals surface area (Å²) in [6.45, 7) is 1.39. The van der Waals surface area contributed by atoms with Gasteiger partial charge in [-0.15, -0.1) is 0 Å². The first kappa shape index (κ1) is 14.7. The van der Waals surface area contributed by atoms with Gasteiger partial charge in [0.15, 0.2) is 0 Å². The summed E-state index contributed by atoms with van der Waals surface area (Å²) < 4.78 is 0. The van der Waals surface area contributed by atoms with E-state index >= 15 is 0 Å². The van der Waals surface area contributed by atoms with Gasteiger partial charge in [-0.05, 0) is 43.9 Å². The third-order valence-electron chi connectivity index (χ3n) is 2.99. The van der Waals surface area contributed by atoms with Crippen LogP contribution in [0.4, 0.5) is 5.69 Å². The van der Waals surface area contributed by atoms with Crippen molar-refractivity contribution in [2.24, 2.45) is 0 Å². The van der Waals surface area contributed by atoms with Crippen LogP contribution in [-0.2, 0) is 13.1 Å². The number of nitrogens with one attached hydrogen (secondary N) is 1. The molecule has 3 nitrogen and oxygen atoms in total. The van der Waals surface area contributed by atoms with Crippen LogP contribution in [0.1, 0.15) is 11.1 Å². The fraction of sp³-hybridized carbons (Fsp3) is 0.250. The summed E-state index contributed by atoms with van der Waals surface area (Å²) in [5.74, 6) is 0.217. The first-order valence-corrected chi connectivity index (χ1v) is 6.88. The lowest BCUT2D eigenvalue weighted by Gasteiger charge is -2.13. The Morgan fingerprint density at radius 2 is 1.90 bits per heavy atom. The number of aromatic hydroxyl groups is 1. The van der Waals surface area contributed by atoms with Gasteiger partial charge < -0.3 is 15.3 Å². The molecule has 0 amide bonds. The molecule has 0 aliphatic heterocycles. The molecule has 0 atom stereocenters. The molecule has 0 saturated heterocycles. The van der Waals surface area contributed by atoms with Crippen molar-refractivity contribution in [1.29, 1.82) is 0 Å². The molecule has 0 aliphatic rings. The first-order chi connectivity index (χ1) is 9.56. The molecule has 0 bridgehead atoms. The van der Waals surface area contributed by atoms with Crippen LogP contribution < -0.4 is 5.32 Å². The normalized spacial score (nSPS) is 10.8. The second-order valence-electron chi connectivity index (χ2n) is 5.03. The van der Waals surface area contributed by atoms with E-state index in [9.17, 15) is 5.11 Å². The second-order valence-corrected chi connectivity index (χ2v) is 5.44. The summed E-state index contributed by atoms with van der Waals surface area (Å²) in [4.78, 5) is 2.12. The van der Waals surface area contributed by atoms with Crippen LogP contribution in [0, 0.1) is 0 Å². The summed E-state index contributed by atoms with van der Waals surface area (Å²) >= 11 is 6.09. The Morgan fingerprint density at radius 3 is 2.60 bits per heavy atom. The summed E-state index contributed by atoms with van der Waals surface area (Å²) in [6, 6.07) is 13.4. The smallest absolute Gasteiger partial charge is 0.122 e. The third-order valence-corrected chi connectivity index (χ3v) is 3.34. The Kier molecular flexibility index (Phi) is 4.88. The molecule has 106 valence electrons. The maximum atomic E-state index is 9.81. The van der Waals surface area contributed by atoms with Gasteiger partial charge in [-0.1, -0.05) is 29.8 Å². The standard InChI is InChI=1S/C16H19ClN2O/c1-19(2)11-12-5-3-6-13(9-12)18-10-14-15(17)7-4-8-16(14)20/h3-9,18,20H,10-11H2,1-2H3. The van der Waals surface area contributed by atoms with Crippen molar-refractivity contribution < 1.29 is 5.11 Å². The van der Waals surface area contributed by atoms with Crippen LogP contribution in [0.25, 0.3) is 0 Å². The van der Waals surface area contributed by atoms with Gasteiger partial charge in [0.25, 0.3) is 0 Å². The van der Waals surface area contributed by atoms with Crippen molar-refractivity contribution in [3.8, 4) is 5.75 Å². The number of halogens is 1. The molecule has 2 rings (SSSR count). The van der Waals surface area contributed by atoms with Crippen molar-refractivity contribution >= 4 is 17.3 Å². The molecule has 0 aliphatic carbocycles. The van der Waals surface area contributed by atoms with Gasteiger partial charge in [0.2, 0.25) is 0 Å². The summed E-state index contributed by atoms with van der Waals surface area (Å²) in [7, 11) is 4.09. The maximum Gasteiger partial charge on any atom is 0.122 e. The van der Waals surface area contributed by atoms with Gasteiger partial charge in [0.05, 0.1) is 0 Å². The van der Waals surface area contributed by atoms with Crippen molar-refractivity contribution in [2.75, 3.05) is 19.4 Å². The fourth-order valence-corrected chi connectivity index (χ4v) is 2.29. The monoisotopic (exact) mass is 290 g/mol. The van der Waals surface area contributed by atoms with Crippen LogP contribution in [0.2, 0.25) is 5.02 Å². The molecular weight excluding hydrogens is 272 g/mol. The molecule has 20 heavy (non-hydrogen) atoms. The Morgan fingerprint density at radius 1 is 1.15 bits per heavy atom. The van der Waals surface area contributed by atoms with Crippen molar-refractivity contribution in [3.63, 3.8) is 0 Å². The molecule has 4 heteroatoms. The highest BCUT2D eigenvalue weighted by molar-refractivity contribution is 6.31. The minimum atomic E-state index is 0.217. The number of hydrogen-bond donors (Lipinski definition) is 2. The van der Waals surface area contributed by atoms with Crippen LogP contribution in [-0.4, -0.2) is 24.1 Å². The summed E-state index contributed by atoms with van der Waals surface area (Å²) in [6.07, 6.45) is 0. The van der Waals surface area contributed by atoms with Gasteiger partial charge in [0, 0.05) is 29.4 Å². The molecule has 0 radical (unpaired) electrons. The van der Waals surface area contributed by atoms with E-state index in [1.165, 1.54) is 5.56 Å². The Hall–Kier alpha value is -1.71. The van der Waals surface area contributed by atoms with Gasteiger partial charge in [0.1, 0.15) is 5.75 Å². The van der Waals surface area contributed by atoms with E-state index in [0.717, 1.165) is 12.2 Å². The maximum absolute atomic E-state index is 9.81. The van der Waals surface area contributed by atoms with E-state index in [1.54, 1.807) is 18.2 Å². The van der Waals surface area contributed by atoms with Gasteiger partial charge >= 0.3 is 0 Å². The topological polar surface area (TPSA) is 35.5 Å². The number of rotatable bonds is 5. The first-order valence-electron chi connectivity index (χ1n) is 6.50. The highest BCUT2D eigenvalue weighted by Gasteiger charge is 2.06. The van der Waals surface area contributed by atoms with Crippen LogP contribution in [0.5, 0.6) is 5.75 Å². The molecule has 0 aromatic heterocycles. The highest BCUT2D eigenvalue weighted by atomic mass is 35.5. The van der Waals surface area contributed by atoms with Gasteiger partial charge in [-0.3, -0.25) is 0 Å². The molecule has 2 aromatic rings. The summed E-state index contributed by atoms with van der Waals surface area (Å²) in [5, 5.41) is 13.7. The number of phenols is 1. The lowest BCUT2D eigenvalue weighted by Crippen LogP contribution is -2.10. The molecule has 0 saturated carbocycles. The number of hydrogen-bond acceptors (Lipinski definition) is 3. The zero-order valence-corrected chi connectivity index (χ0v) is 12.5. The van der Waals surface area contributed by atoms with E-state index in [-0.39, 0.29) is 5.75 Å². The SMILES string of the molecule is CN(C)Cc1cccc(NCc2c(O)cccc2Cl)c1. The predicted molar refractivity (Wildman–Crippen MR) is 84.3 cm³/mol. The molecule has 0 unspecified atom stereocenters. The average molecular weight is 291 g/mol. The molecule has 2 aromatic carbocycles. The highest BCUT2D eigenvalue weighted by Crippen LogP contribution is 2.26. The molecule has 2 N–H and O–H groups in total.